The van der Waals surface area contributed by atoms with E-state index >= 15 is 0 Å². The average molecular weight is 332 g/mol. The van der Waals surface area contributed by atoms with Gasteiger partial charge in [-0.2, -0.15) is 0 Å². The minimum Gasteiger partial charge on any atom is -0.366 e. The molecule has 1 aliphatic heterocycles. The van der Waals surface area contributed by atoms with Crippen molar-refractivity contribution in [3.05, 3.63) is 15.9 Å². The summed E-state index contributed by atoms with van der Waals surface area (Å²) in [4.78, 5) is 4.87. The van der Waals surface area contributed by atoms with Crippen molar-refractivity contribution in [3.63, 3.8) is 0 Å². The van der Waals surface area contributed by atoms with Crippen LogP contribution in [-0.4, -0.2) is 44.7 Å². The number of nitrogens with two attached hydrogens (primary N) is 1. The normalized spacial score (nSPS) is 18.2. The molecule has 2 rings (SSSR count). The molecule has 1 aromatic rings. The van der Waals surface area contributed by atoms with Crippen LogP contribution in [0.25, 0.3) is 0 Å². The summed E-state index contributed by atoms with van der Waals surface area (Å²) in [6.07, 6.45) is 2.60. The van der Waals surface area contributed by atoms with Gasteiger partial charge in [-0.3, -0.25) is 0 Å². The molecule has 0 radical (unpaired) electrons. The molecule has 0 bridgehead atoms. The standard InChI is InChI=1S/C13H22BrN3S/c1-16(13-8-12(14)10-18-13)9-11-2-5-17(6-3-11)7-4-15/h8,10-11H,2-7,9,15H2,1H3. The molecule has 0 saturated carbocycles. The maximum Gasteiger partial charge on any atom is 0.0917 e. The van der Waals surface area contributed by atoms with Crippen LogP contribution in [0.2, 0.25) is 0 Å². The van der Waals surface area contributed by atoms with Crippen molar-refractivity contribution >= 4 is 32.3 Å². The number of nitrogens with zero attached hydrogens (tertiary/aromatic N) is 2. The maximum absolute atomic E-state index is 5.60. The third kappa shape index (κ3) is 3.95. The van der Waals surface area contributed by atoms with Crippen LogP contribution < -0.4 is 10.6 Å². The molecule has 102 valence electrons. The van der Waals surface area contributed by atoms with Gasteiger partial charge >= 0.3 is 0 Å². The van der Waals surface area contributed by atoms with E-state index in [-0.39, 0.29) is 0 Å². The Morgan fingerprint density at radius 3 is 2.78 bits per heavy atom. The Kier molecular flexibility index (Phi) is 5.48. The number of hydrogen-bond acceptors (Lipinski definition) is 4. The number of anilines is 1. The Bertz CT molecular complexity index is 361. The van der Waals surface area contributed by atoms with Crippen LogP contribution in [-0.2, 0) is 0 Å². The van der Waals surface area contributed by atoms with Crippen molar-refractivity contribution in [1.82, 2.24) is 4.90 Å². The van der Waals surface area contributed by atoms with E-state index in [1.54, 1.807) is 0 Å². The van der Waals surface area contributed by atoms with Gasteiger partial charge in [-0.05, 0) is 53.8 Å². The fourth-order valence-corrected chi connectivity index (χ4v) is 3.95. The van der Waals surface area contributed by atoms with E-state index in [9.17, 15) is 0 Å². The topological polar surface area (TPSA) is 32.5 Å². The monoisotopic (exact) mass is 331 g/mol. The summed E-state index contributed by atoms with van der Waals surface area (Å²) in [6, 6.07) is 2.20. The fraction of sp³-hybridized carbons (Fsp3) is 0.692. The molecular formula is C13H22BrN3S. The fourth-order valence-electron chi connectivity index (χ4n) is 2.56. The van der Waals surface area contributed by atoms with Crippen molar-refractivity contribution in [2.24, 2.45) is 11.7 Å². The first-order valence-electron chi connectivity index (χ1n) is 6.56. The average Bonchev–Trinajstić information content (AvgIpc) is 2.79. The molecule has 3 nitrogen and oxygen atoms in total. The highest BCUT2D eigenvalue weighted by atomic mass is 79.9. The summed E-state index contributed by atoms with van der Waals surface area (Å²) >= 11 is 5.32. The second kappa shape index (κ2) is 6.89. The summed E-state index contributed by atoms with van der Waals surface area (Å²) in [6.45, 7) is 5.44. The van der Waals surface area contributed by atoms with Crippen molar-refractivity contribution < 1.29 is 0 Å². The van der Waals surface area contributed by atoms with Crippen LogP contribution in [0, 0.1) is 5.92 Å². The first-order chi connectivity index (χ1) is 8.69. The second-order valence-corrected chi connectivity index (χ2v) is 6.86. The van der Waals surface area contributed by atoms with Crippen molar-refractivity contribution in [1.29, 1.82) is 0 Å². The van der Waals surface area contributed by atoms with Gasteiger partial charge in [0.25, 0.3) is 0 Å². The van der Waals surface area contributed by atoms with Gasteiger partial charge in [-0.15, -0.1) is 11.3 Å². The molecule has 0 unspecified atom stereocenters. The van der Waals surface area contributed by atoms with Crippen LogP contribution in [0.1, 0.15) is 12.8 Å². The molecule has 0 spiro atoms. The van der Waals surface area contributed by atoms with Gasteiger partial charge in [0.05, 0.1) is 5.00 Å². The lowest BCUT2D eigenvalue weighted by molar-refractivity contribution is 0.191. The van der Waals surface area contributed by atoms with E-state index in [0.29, 0.717) is 0 Å². The number of piperidine rings is 1. The number of likely N-dealkylation sites (tertiary alicyclic amines) is 1. The maximum atomic E-state index is 5.60. The molecule has 2 heterocycles. The van der Waals surface area contributed by atoms with E-state index in [1.165, 1.54) is 41.9 Å². The van der Waals surface area contributed by atoms with Crippen LogP contribution >= 0.6 is 27.3 Å². The lowest BCUT2D eigenvalue weighted by Crippen LogP contribution is -2.39. The molecule has 1 fully saturated rings. The molecule has 0 atom stereocenters. The summed E-state index contributed by atoms with van der Waals surface area (Å²) < 4.78 is 1.19. The van der Waals surface area contributed by atoms with Crippen LogP contribution in [0.15, 0.2) is 15.9 Å². The van der Waals surface area contributed by atoms with E-state index in [0.717, 1.165) is 19.0 Å². The van der Waals surface area contributed by atoms with Crippen LogP contribution in [0.3, 0.4) is 0 Å². The number of thiophene rings is 1. The molecule has 0 amide bonds. The van der Waals surface area contributed by atoms with Crippen LogP contribution in [0.4, 0.5) is 5.00 Å². The largest absolute Gasteiger partial charge is 0.366 e. The molecule has 5 heteroatoms. The Morgan fingerprint density at radius 2 is 2.22 bits per heavy atom. The molecule has 1 saturated heterocycles. The minimum absolute atomic E-state index is 0.786. The Balaban J connectivity index is 1.77. The molecule has 2 N–H and O–H groups in total. The van der Waals surface area contributed by atoms with Gasteiger partial charge in [-0.1, -0.05) is 0 Å². The molecular weight excluding hydrogens is 310 g/mol. The van der Waals surface area contributed by atoms with Crippen molar-refractivity contribution in [2.45, 2.75) is 12.8 Å². The van der Waals surface area contributed by atoms with Crippen LogP contribution in [0.5, 0.6) is 0 Å². The molecule has 0 aliphatic carbocycles. The molecule has 1 aromatic heterocycles. The van der Waals surface area contributed by atoms with Gasteiger partial charge in [-0.25, -0.2) is 0 Å². The third-order valence-corrected chi connectivity index (χ3v) is 5.42. The van der Waals surface area contributed by atoms with Gasteiger partial charge in [0.2, 0.25) is 0 Å². The quantitative estimate of drug-likeness (QED) is 0.900. The second-order valence-electron chi connectivity index (χ2n) is 5.06. The molecule has 18 heavy (non-hydrogen) atoms. The summed E-state index contributed by atoms with van der Waals surface area (Å²) in [7, 11) is 2.20. The lowest BCUT2D eigenvalue weighted by atomic mass is 9.96. The Hall–Kier alpha value is -0.100. The summed E-state index contributed by atoms with van der Waals surface area (Å²) in [5.41, 5.74) is 5.60. The zero-order valence-electron chi connectivity index (χ0n) is 10.9. The summed E-state index contributed by atoms with van der Waals surface area (Å²) in [5, 5.41) is 3.50. The predicted octanol–water partition coefficient (Wildman–Crippen LogP) is 2.62. The first-order valence-corrected chi connectivity index (χ1v) is 8.24. The Morgan fingerprint density at radius 1 is 1.50 bits per heavy atom. The zero-order valence-corrected chi connectivity index (χ0v) is 13.3. The van der Waals surface area contributed by atoms with Gasteiger partial charge in [0, 0.05) is 36.5 Å². The third-order valence-electron chi connectivity index (χ3n) is 3.61. The van der Waals surface area contributed by atoms with E-state index in [4.69, 9.17) is 5.73 Å². The highest BCUT2D eigenvalue weighted by molar-refractivity contribution is 9.10. The van der Waals surface area contributed by atoms with E-state index < -0.39 is 0 Å². The van der Waals surface area contributed by atoms with Crippen molar-refractivity contribution in [2.75, 3.05) is 44.7 Å². The number of halogens is 1. The van der Waals surface area contributed by atoms with E-state index in [2.05, 4.69) is 44.2 Å². The first kappa shape index (κ1) is 14.3. The van der Waals surface area contributed by atoms with E-state index in [1.807, 2.05) is 11.3 Å². The predicted molar refractivity (Wildman–Crippen MR) is 83.5 cm³/mol. The molecule has 0 aromatic carbocycles. The SMILES string of the molecule is CN(CC1CCN(CCN)CC1)c1cc(Br)cs1. The zero-order chi connectivity index (χ0) is 13.0. The lowest BCUT2D eigenvalue weighted by Gasteiger charge is -2.33. The highest BCUT2D eigenvalue weighted by Crippen LogP contribution is 2.29. The minimum atomic E-state index is 0.786. The van der Waals surface area contributed by atoms with Crippen molar-refractivity contribution in [3.8, 4) is 0 Å². The molecule has 1 aliphatic rings. The Labute approximate surface area is 122 Å². The number of rotatable bonds is 5. The summed E-state index contributed by atoms with van der Waals surface area (Å²) in [5.74, 6) is 0.824. The highest BCUT2D eigenvalue weighted by Gasteiger charge is 2.20. The smallest absolute Gasteiger partial charge is 0.0917 e. The van der Waals surface area contributed by atoms with Gasteiger partial charge in [0.15, 0.2) is 0 Å². The number of hydrogen-bond donors (Lipinski definition) is 1. The van der Waals surface area contributed by atoms with Gasteiger partial charge < -0.3 is 15.5 Å². The van der Waals surface area contributed by atoms with Gasteiger partial charge in [0.1, 0.15) is 0 Å².